The van der Waals surface area contributed by atoms with Crippen molar-refractivity contribution in [2.24, 2.45) is 0 Å². The first-order valence-corrected chi connectivity index (χ1v) is 7.95. The summed E-state index contributed by atoms with van der Waals surface area (Å²) in [6, 6.07) is 11.6. The van der Waals surface area contributed by atoms with Crippen LogP contribution < -0.4 is 10.2 Å². The number of hydrogen-bond acceptors (Lipinski definition) is 3. The maximum Gasteiger partial charge on any atom is 0.0600 e. The summed E-state index contributed by atoms with van der Waals surface area (Å²) in [5.41, 5.74) is 5.36. The molecule has 21 heavy (non-hydrogen) atoms. The molecule has 0 aliphatic carbocycles. The van der Waals surface area contributed by atoms with Gasteiger partial charge in [-0.1, -0.05) is 18.2 Å². The zero-order valence-corrected chi connectivity index (χ0v) is 12.3. The maximum atomic E-state index is 4.50. The van der Waals surface area contributed by atoms with E-state index in [9.17, 15) is 0 Å². The summed E-state index contributed by atoms with van der Waals surface area (Å²) in [6.45, 7) is 2.21. The minimum Gasteiger partial charge on any atom is -0.340 e. The molecule has 2 aromatic rings. The van der Waals surface area contributed by atoms with E-state index < -0.39 is 0 Å². The van der Waals surface area contributed by atoms with Crippen molar-refractivity contribution in [2.75, 3.05) is 18.0 Å². The first-order chi connectivity index (χ1) is 10.4. The van der Waals surface area contributed by atoms with E-state index >= 15 is 0 Å². The molecular formula is C18H21N3. The lowest BCUT2D eigenvalue weighted by molar-refractivity contribution is 0.644. The van der Waals surface area contributed by atoms with Crippen molar-refractivity contribution in [3.63, 3.8) is 0 Å². The fraction of sp³-hybridized carbons (Fsp3) is 0.389. The number of nitrogens with zero attached hydrogens (tertiary/aromatic N) is 2. The highest BCUT2D eigenvalue weighted by atomic mass is 15.1. The van der Waals surface area contributed by atoms with E-state index in [0.29, 0.717) is 6.04 Å². The molecule has 1 aromatic carbocycles. The van der Waals surface area contributed by atoms with Crippen LogP contribution in [0.25, 0.3) is 0 Å². The highest BCUT2D eigenvalue weighted by Crippen LogP contribution is 2.34. The largest absolute Gasteiger partial charge is 0.340 e. The quantitative estimate of drug-likeness (QED) is 0.910. The average Bonchev–Trinajstić information content (AvgIpc) is 3.09. The van der Waals surface area contributed by atoms with Gasteiger partial charge in [-0.2, -0.15) is 0 Å². The molecule has 3 heterocycles. The Morgan fingerprint density at radius 3 is 3.00 bits per heavy atom. The fourth-order valence-corrected chi connectivity index (χ4v) is 3.55. The van der Waals surface area contributed by atoms with Crippen LogP contribution in [0, 0.1) is 0 Å². The third-order valence-corrected chi connectivity index (χ3v) is 4.63. The number of pyridine rings is 1. The van der Waals surface area contributed by atoms with Crippen molar-refractivity contribution in [1.82, 2.24) is 10.3 Å². The van der Waals surface area contributed by atoms with Gasteiger partial charge in [-0.3, -0.25) is 4.98 Å². The molecule has 1 atom stereocenters. The first kappa shape index (κ1) is 12.8. The van der Waals surface area contributed by atoms with Crippen LogP contribution >= 0.6 is 0 Å². The lowest BCUT2D eigenvalue weighted by Crippen LogP contribution is -2.25. The zero-order chi connectivity index (χ0) is 14.1. The van der Waals surface area contributed by atoms with Crippen LogP contribution in [0.2, 0.25) is 0 Å². The maximum absolute atomic E-state index is 4.50. The predicted molar refractivity (Wildman–Crippen MR) is 86.0 cm³/mol. The SMILES string of the molecule is c1ccc2c(c1)CCCN2c1cncc(C2CCCN2)c1. The standard InChI is InChI=1S/C18H21N3/c1-2-8-18-14(5-1)6-4-10-21(18)16-11-15(12-19-13-16)17-7-3-9-20-17/h1-2,5,8,11-13,17,20H,3-4,6-7,9-10H2. The number of hydrogen-bond donors (Lipinski definition) is 1. The van der Waals surface area contributed by atoms with Crippen molar-refractivity contribution >= 4 is 11.4 Å². The normalized spacial score (nSPS) is 21.3. The van der Waals surface area contributed by atoms with E-state index in [-0.39, 0.29) is 0 Å². The van der Waals surface area contributed by atoms with Gasteiger partial charge in [-0.25, -0.2) is 0 Å². The van der Waals surface area contributed by atoms with Crippen LogP contribution in [0.1, 0.15) is 36.4 Å². The Kier molecular flexibility index (Phi) is 3.36. The molecule has 0 radical (unpaired) electrons. The van der Waals surface area contributed by atoms with Crippen molar-refractivity contribution < 1.29 is 0 Å². The van der Waals surface area contributed by atoms with Gasteiger partial charge in [0.2, 0.25) is 0 Å². The number of anilines is 2. The van der Waals surface area contributed by atoms with E-state index in [1.54, 1.807) is 0 Å². The van der Waals surface area contributed by atoms with E-state index in [1.165, 1.54) is 48.2 Å². The van der Waals surface area contributed by atoms with Crippen LogP contribution in [0.15, 0.2) is 42.7 Å². The Bertz CT molecular complexity index is 632. The minimum absolute atomic E-state index is 0.484. The molecule has 108 valence electrons. The van der Waals surface area contributed by atoms with E-state index in [4.69, 9.17) is 0 Å². The molecule has 2 aliphatic rings. The highest BCUT2D eigenvalue weighted by molar-refractivity contribution is 5.67. The van der Waals surface area contributed by atoms with E-state index in [0.717, 1.165) is 13.1 Å². The van der Waals surface area contributed by atoms with Crippen LogP contribution in [-0.4, -0.2) is 18.1 Å². The van der Waals surface area contributed by atoms with Crippen LogP contribution in [0.5, 0.6) is 0 Å². The van der Waals surface area contributed by atoms with Gasteiger partial charge in [0.25, 0.3) is 0 Å². The van der Waals surface area contributed by atoms with Crippen molar-refractivity contribution in [3.05, 3.63) is 53.9 Å². The third-order valence-electron chi connectivity index (χ3n) is 4.63. The van der Waals surface area contributed by atoms with E-state index in [1.807, 2.05) is 12.4 Å². The Balaban J connectivity index is 1.69. The minimum atomic E-state index is 0.484. The van der Waals surface area contributed by atoms with Gasteiger partial charge in [0.05, 0.1) is 11.9 Å². The molecule has 0 saturated carbocycles. The van der Waals surface area contributed by atoms with Gasteiger partial charge in [-0.05, 0) is 55.5 Å². The fourth-order valence-electron chi connectivity index (χ4n) is 3.55. The van der Waals surface area contributed by atoms with Crippen LogP contribution in [0.4, 0.5) is 11.4 Å². The molecule has 1 saturated heterocycles. The van der Waals surface area contributed by atoms with Crippen molar-refractivity contribution in [1.29, 1.82) is 0 Å². The summed E-state index contributed by atoms with van der Waals surface area (Å²) in [4.78, 5) is 6.92. The monoisotopic (exact) mass is 279 g/mol. The molecule has 0 amide bonds. The Labute approximate surface area is 126 Å². The Hall–Kier alpha value is -1.87. The van der Waals surface area contributed by atoms with Crippen LogP contribution in [0.3, 0.4) is 0 Å². The molecule has 1 N–H and O–H groups in total. The summed E-state index contributed by atoms with van der Waals surface area (Å²) in [7, 11) is 0. The molecule has 1 fully saturated rings. The Morgan fingerprint density at radius 1 is 1.14 bits per heavy atom. The number of nitrogens with one attached hydrogen (secondary N) is 1. The molecule has 2 aliphatic heterocycles. The number of fused-ring (bicyclic) bond motifs is 1. The smallest absolute Gasteiger partial charge is 0.0600 e. The molecule has 4 rings (SSSR count). The van der Waals surface area contributed by atoms with E-state index in [2.05, 4.69) is 45.5 Å². The van der Waals surface area contributed by atoms with Gasteiger partial charge >= 0.3 is 0 Å². The van der Waals surface area contributed by atoms with Gasteiger partial charge < -0.3 is 10.2 Å². The van der Waals surface area contributed by atoms with Crippen LogP contribution in [-0.2, 0) is 6.42 Å². The summed E-state index contributed by atoms with van der Waals surface area (Å²) in [5.74, 6) is 0. The topological polar surface area (TPSA) is 28.2 Å². The van der Waals surface area contributed by atoms with Crippen molar-refractivity contribution in [2.45, 2.75) is 31.7 Å². The lowest BCUT2D eigenvalue weighted by Gasteiger charge is -2.31. The van der Waals surface area contributed by atoms with Gasteiger partial charge in [-0.15, -0.1) is 0 Å². The zero-order valence-electron chi connectivity index (χ0n) is 12.3. The van der Waals surface area contributed by atoms with Gasteiger partial charge in [0.15, 0.2) is 0 Å². The summed E-state index contributed by atoms with van der Waals surface area (Å²) in [5, 5.41) is 3.56. The predicted octanol–water partition coefficient (Wildman–Crippen LogP) is 3.59. The Morgan fingerprint density at radius 2 is 2.10 bits per heavy atom. The number of rotatable bonds is 2. The number of para-hydroxylation sites is 1. The number of benzene rings is 1. The molecule has 1 unspecified atom stereocenters. The first-order valence-electron chi connectivity index (χ1n) is 7.95. The second-order valence-corrected chi connectivity index (χ2v) is 6.01. The second kappa shape index (κ2) is 5.49. The molecule has 0 spiro atoms. The number of aromatic nitrogens is 1. The summed E-state index contributed by atoms with van der Waals surface area (Å²) < 4.78 is 0. The second-order valence-electron chi connectivity index (χ2n) is 6.01. The number of aryl methyl sites for hydroxylation is 1. The highest BCUT2D eigenvalue weighted by Gasteiger charge is 2.21. The summed E-state index contributed by atoms with van der Waals surface area (Å²) >= 11 is 0. The molecule has 3 heteroatoms. The third kappa shape index (κ3) is 2.42. The van der Waals surface area contributed by atoms with Gasteiger partial charge in [0.1, 0.15) is 0 Å². The molecule has 3 nitrogen and oxygen atoms in total. The van der Waals surface area contributed by atoms with Gasteiger partial charge in [0, 0.05) is 24.5 Å². The lowest BCUT2D eigenvalue weighted by atomic mass is 10.0. The molecule has 0 bridgehead atoms. The van der Waals surface area contributed by atoms with Crippen molar-refractivity contribution in [3.8, 4) is 0 Å². The molecular weight excluding hydrogens is 258 g/mol. The summed E-state index contributed by atoms with van der Waals surface area (Å²) in [6.07, 6.45) is 8.90. The molecule has 1 aromatic heterocycles. The average molecular weight is 279 g/mol.